The standard InChI is InChI=1S/C30H33N3O2/c1-22-12-14-23(15-13-22)25(26-21-31(2)27-9-5-4-8-24(26)27)20-30(34)33-18-16-32(17-19-33)28-10-6-7-11-29(28)35-3/h4-15,21,25H,16-20H2,1-3H3. The van der Waals surface area contributed by atoms with E-state index in [0.717, 1.165) is 24.5 Å². The lowest BCUT2D eigenvalue weighted by Crippen LogP contribution is -2.49. The average Bonchev–Trinajstić information content (AvgIpc) is 3.24. The molecular formula is C30H33N3O2. The summed E-state index contributed by atoms with van der Waals surface area (Å²) in [5.74, 6) is 1.10. The number of piperazine rings is 1. The third kappa shape index (κ3) is 4.63. The van der Waals surface area contributed by atoms with E-state index >= 15 is 0 Å². The quantitative estimate of drug-likeness (QED) is 0.383. The van der Waals surface area contributed by atoms with Gasteiger partial charge in [-0.1, -0.05) is 60.2 Å². The molecule has 180 valence electrons. The monoisotopic (exact) mass is 467 g/mol. The highest BCUT2D eigenvalue weighted by Crippen LogP contribution is 2.35. The predicted octanol–water partition coefficient (Wildman–Crippen LogP) is 5.37. The van der Waals surface area contributed by atoms with Crippen LogP contribution >= 0.6 is 0 Å². The van der Waals surface area contributed by atoms with Crippen LogP contribution in [0.5, 0.6) is 5.75 Å². The topological polar surface area (TPSA) is 37.7 Å². The van der Waals surface area contributed by atoms with Gasteiger partial charge >= 0.3 is 0 Å². The van der Waals surface area contributed by atoms with E-state index in [1.807, 2.05) is 23.1 Å². The molecule has 3 aromatic carbocycles. The van der Waals surface area contributed by atoms with Gasteiger partial charge in [-0.2, -0.15) is 0 Å². The molecule has 1 atom stereocenters. The highest BCUT2D eigenvalue weighted by atomic mass is 16.5. The van der Waals surface area contributed by atoms with Crippen LogP contribution in [0.15, 0.2) is 79.0 Å². The number of ether oxygens (including phenoxy) is 1. The van der Waals surface area contributed by atoms with Gasteiger partial charge in [0.2, 0.25) is 5.91 Å². The van der Waals surface area contributed by atoms with Crippen molar-refractivity contribution in [1.82, 2.24) is 9.47 Å². The zero-order chi connectivity index (χ0) is 24.4. The molecule has 0 bridgehead atoms. The molecule has 5 rings (SSSR count). The summed E-state index contributed by atoms with van der Waals surface area (Å²) in [6.07, 6.45) is 2.66. The molecule has 1 amide bonds. The Labute approximate surface area is 207 Å². The molecule has 1 aliphatic rings. The van der Waals surface area contributed by atoms with Crippen molar-refractivity contribution in [2.75, 3.05) is 38.2 Å². The number of rotatable bonds is 6. The third-order valence-corrected chi connectivity index (χ3v) is 7.22. The van der Waals surface area contributed by atoms with E-state index in [9.17, 15) is 4.79 Å². The van der Waals surface area contributed by atoms with Crippen LogP contribution in [0, 0.1) is 6.92 Å². The van der Waals surface area contributed by atoms with Gasteiger partial charge in [0.05, 0.1) is 12.8 Å². The van der Waals surface area contributed by atoms with Gasteiger partial charge in [0, 0.05) is 62.7 Å². The molecule has 0 aliphatic carbocycles. The molecule has 5 heteroatoms. The molecule has 0 N–H and O–H groups in total. The first-order chi connectivity index (χ1) is 17.0. The largest absolute Gasteiger partial charge is 0.495 e. The molecule has 2 heterocycles. The summed E-state index contributed by atoms with van der Waals surface area (Å²) in [6, 6.07) is 25.2. The van der Waals surface area contributed by atoms with Crippen molar-refractivity contribution in [3.63, 3.8) is 0 Å². The van der Waals surface area contributed by atoms with Crippen LogP contribution in [0.1, 0.15) is 29.0 Å². The van der Waals surface area contributed by atoms with Crippen molar-refractivity contribution in [1.29, 1.82) is 0 Å². The fraction of sp³-hybridized carbons (Fsp3) is 0.300. The van der Waals surface area contributed by atoms with Gasteiger partial charge in [-0.05, 0) is 36.2 Å². The number of carbonyl (C=O) groups is 1. The molecule has 0 saturated carbocycles. The molecule has 4 aromatic rings. The van der Waals surface area contributed by atoms with Crippen molar-refractivity contribution in [2.24, 2.45) is 7.05 Å². The molecule has 1 saturated heterocycles. The Kier molecular flexibility index (Phi) is 6.49. The molecule has 0 spiro atoms. The molecule has 1 aliphatic heterocycles. The van der Waals surface area contributed by atoms with Gasteiger partial charge in [0.1, 0.15) is 5.75 Å². The maximum absolute atomic E-state index is 13.6. The SMILES string of the molecule is COc1ccccc1N1CCN(C(=O)CC(c2ccc(C)cc2)c2cn(C)c3ccccc23)CC1. The third-order valence-electron chi connectivity index (χ3n) is 7.22. The van der Waals surface area contributed by atoms with Crippen molar-refractivity contribution in [3.05, 3.63) is 95.7 Å². The Morgan fingerprint density at radius 2 is 1.60 bits per heavy atom. The van der Waals surface area contributed by atoms with Crippen molar-refractivity contribution < 1.29 is 9.53 Å². The summed E-state index contributed by atoms with van der Waals surface area (Å²) in [5.41, 5.74) is 5.91. The number of amides is 1. The number of para-hydroxylation sites is 3. The maximum Gasteiger partial charge on any atom is 0.223 e. The minimum atomic E-state index is 0.0152. The van der Waals surface area contributed by atoms with Crippen LogP contribution in [-0.2, 0) is 11.8 Å². The van der Waals surface area contributed by atoms with Gasteiger partial charge in [-0.15, -0.1) is 0 Å². The highest BCUT2D eigenvalue weighted by molar-refractivity contribution is 5.86. The van der Waals surface area contributed by atoms with Crippen LogP contribution in [0.4, 0.5) is 5.69 Å². The summed E-state index contributed by atoms with van der Waals surface area (Å²) in [5, 5.41) is 1.22. The van der Waals surface area contributed by atoms with Gasteiger partial charge in [0.15, 0.2) is 0 Å². The minimum absolute atomic E-state index is 0.0152. The Morgan fingerprint density at radius 1 is 0.914 bits per heavy atom. The Balaban J connectivity index is 1.37. The zero-order valence-corrected chi connectivity index (χ0v) is 20.8. The second-order valence-corrected chi connectivity index (χ2v) is 9.42. The summed E-state index contributed by atoms with van der Waals surface area (Å²) in [6.45, 7) is 5.13. The highest BCUT2D eigenvalue weighted by Gasteiger charge is 2.27. The maximum atomic E-state index is 13.6. The molecule has 5 nitrogen and oxygen atoms in total. The smallest absolute Gasteiger partial charge is 0.223 e. The fourth-order valence-corrected chi connectivity index (χ4v) is 5.25. The molecule has 1 aromatic heterocycles. The first-order valence-electron chi connectivity index (χ1n) is 12.3. The fourth-order valence-electron chi connectivity index (χ4n) is 5.25. The van der Waals surface area contributed by atoms with Crippen molar-refractivity contribution >= 4 is 22.5 Å². The van der Waals surface area contributed by atoms with Crippen molar-refractivity contribution in [2.45, 2.75) is 19.3 Å². The van der Waals surface area contributed by atoms with E-state index in [1.165, 1.54) is 27.6 Å². The summed E-state index contributed by atoms with van der Waals surface area (Å²) in [4.78, 5) is 17.9. The molecule has 35 heavy (non-hydrogen) atoms. The average molecular weight is 468 g/mol. The molecule has 0 radical (unpaired) electrons. The van der Waals surface area contributed by atoms with E-state index in [4.69, 9.17) is 4.74 Å². The number of aromatic nitrogens is 1. The number of nitrogens with zero attached hydrogens (tertiary/aromatic N) is 3. The van der Waals surface area contributed by atoms with E-state index in [-0.39, 0.29) is 11.8 Å². The van der Waals surface area contributed by atoms with Crippen LogP contribution in [-0.4, -0.2) is 48.7 Å². The number of methoxy groups -OCH3 is 1. The Morgan fingerprint density at radius 3 is 2.34 bits per heavy atom. The lowest BCUT2D eigenvalue weighted by atomic mass is 9.87. The second-order valence-electron chi connectivity index (χ2n) is 9.42. The minimum Gasteiger partial charge on any atom is -0.495 e. The number of hydrogen-bond acceptors (Lipinski definition) is 3. The predicted molar refractivity (Wildman–Crippen MR) is 142 cm³/mol. The number of aryl methyl sites for hydroxylation is 2. The van der Waals surface area contributed by atoms with E-state index in [2.05, 4.69) is 84.2 Å². The Hall–Kier alpha value is -3.73. The van der Waals surface area contributed by atoms with E-state index in [0.29, 0.717) is 19.5 Å². The zero-order valence-electron chi connectivity index (χ0n) is 20.8. The lowest BCUT2D eigenvalue weighted by Gasteiger charge is -2.37. The number of anilines is 1. The summed E-state index contributed by atoms with van der Waals surface area (Å²) < 4.78 is 7.71. The van der Waals surface area contributed by atoms with Crippen LogP contribution < -0.4 is 9.64 Å². The summed E-state index contributed by atoms with van der Waals surface area (Å²) in [7, 11) is 3.79. The number of fused-ring (bicyclic) bond motifs is 1. The van der Waals surface area contributed by atoms with Gasteiger partial charge in [-0.3, -0.25) is 4.79 Å². The normalized spacial score (nSPS) is 14.8. The first-order valence-corrected chi connectivity index (χ1v) is 12.3. The second kappa shape index (κ2) is 9.87. The van der Waals surface area contributed by atoms with Crippen molar-refractivity contribution in [3.8, 4) is 5.75 Å². The van der Waals surface area contributed by atoms with E-state index < -0.39 is 0 Å². The van der Waals surface area contributed by atoms with Gasteiger partial charge in [0.25, 0.3) is 0 Å². The molecule has 1 unspecified atom stereocenters. The number of carbonyl (C=O) groups excluding carboxylic acids is 1. The number of hydrogen-bond donors (Lipinski definition) is 0. The summed E-state index contributed by atoms with van der Waals surface area (Å²) >= 11 is 0. The molecule has 1 fully saturated rings. The van der Waals surface area contributed by atoms with Crippen LogP contribution in [0.2, 0.25) is 0 Å². The van der Waals surface area contributed by atoms with Gasteiger partial charge < -0.3 is 19.1 Å². The van der Waals surface area contributed by atoms with Crippen LogP contribution in [0.3, 0.4) is 0 Å². The Bertz CT molecular complexity index is 1320. The number of benzene rings is 3. The van der Waals surface area contributed by atoms with E-state index in [1.54, 1.807) is 7.11 Å². The molecular weight excluding hydrogens is 434 g/mol. The lowest BCUT2D eigenvalue weighted by molar-refractivity contribution is -0.131. The van der Waals surface area contributed by atoms with Crippen LogP contribution in [0.25, 0.3) is 10.9 Å². The first kappa shape index (κ1) is 23.0. The van der Waals surface area contributed by atoms with Gasteiger partial charge in [-0.25, -0.2) is 0 Å².